The minimum atomic E-state index is -4.44. The van der Waals surface area contributed by atoms with Crippen LogP contribution in [0.4, 0.5) is 13.2 Å². The van der Waals surface area contributed by atoms with Crippen LogP contribution in [0.15, 0.2) is 64.2 Å². The molecule has 0 spiro atoms. The lowest BCUT2D eigenvalue weighted by Gasteiger charge is -2.11. The summed E-state index contributed by atoms with van der Waals surface area (Å²) in [5.41, 5.74) is 5.61. The summed E-state index contributed by atoms with van der Waals surface area (Å²) >= 11 is 3.55. The number of benzene rings is 2. The molecule has 0 saturated heterocycles. The average molecular weight is 478 g/mol. The van der Waals surface area contributed by atoms with Crippen LogP contribution in [-0.4, -0.2) is 16.7 Å². The molecule has 0 atom stereocenters. The molecule has 1 N–H and O–H groups in total. The summed E-state index contributed by atoms with van der Waals surface area (Å²) in [6.07, 6.45) is -3.11. The number of hydrogen-bond acceptors (Lipinski definition) is 2. The van der Waals surface area contributed by atoms with Crippen molar-refractivity contribution in [1.82, 2.24) is 9.99 Å². The molecule has 0 saturated carbocycles. The lowest BCUT2D eigenvalue weighted by Crippen LogP contribution is -2.20. The first kappa shape index (κ1) is 21.8. The average Bonchev–Trinajstić information content (AvgIpc) is 2.95. The van der Waals surface area contributed by atoms with Gasteiger partial charge in [0.15, 0.2) is 0 Å². The number of hydrazone groups is 1. The smallest absolute Gasteiger partial charge is 0.317 e. The van der Waals surface area contributed by atoms with E-state index in [-0.39, 0.29) is 12.0 Å². The molecule has 0 radical (unpaired) electrons. The molecule has 4 nitrogen and oxygen atoms in total. The second kappa shape index (κ2) is 8.87. The monoisotopic (exact) mass is 477 g/mol. The van der Waals surface area contributed by atoms with Crippen LogP contribution in [0.25, 0.3) is 5.69 Å². The number of nitrogens with zero attached hydrogens (tertiary/aromatic N) is 2. The Morgan fingerprint density at radius 1 is 1.13 bits per heavy atom. The Morgan fingerprint density at radius 2 is 1.87 bits per heavy atom. The van der Waals surface area contributed by atoms with E-state index in [1.54, 1.807) is 0 Å². The molecule has 8 heteroatoms. The summed E-state index contributed by atoms with van der Waals surface area (Å²) in [5, 5.41) is 3.97. The summed E-state index contributed by atoms with van der Waals surface area (Å²) in [5.74, 6) is -0.495. The summed E-state index contributed by atoms with van der Waals surface area (Å²) in [4.78, 5) is 12.1. The largest absolute Gasteiger partial charge is 0.416 e. The molecule has 0 unspecified atom stereocenters. The van der Waals surface area contributed by atoms with E-state index in [1.807, 2.05) is 44.2 Å². The van der Waals surface area contributed by atoms with Crippen LogP contribution in [-0.2, 0) is 17.4 Å². The zero-order valence-electron chi connectivity index (χ0n) is 16.3. The Balaban J connectivity index is 1.70. The number of para-hydroxylation sites is 1. The second-order valence-corrected chi connectivity index (χ2v) is 7.64. The quantitative estimate of drug-likeness (QED) is 0.379. The molecule has 0 fully saturated rings. The van der Waals surface area contributed by atoms with Crippen molar-refractivity contribution in [2.75, 3.05) is 0 Å². The minimum Gasteiger partial charge on any atom is -0.317 e. The Bertz CT molecular complexity index is 1100. The van der Waals surface area contributed by atoms with Gasteiger partial charge in [-0.2, -0.15) is 18.3 Å². The van der Waals surface area contributed by atoms with Crippen molar-refractivity contribution in [2.45, 2.75) is 26.4 Å². The first-order valence-electron chi connectivity index (χ1n) is 9.08. The first-order valence-corrected chi connectivity index (χ1v) is 9.88. The molecule has 1 heterocycles. The molecule has 0 aliphatic carbocycles. The number of halogens is 4. The van der Waals surface area contributed by atoms with Crippen molar-refractivity contribution in [3.63, 3.8) is 0 Å². The van der Waals surface area contributed by atoms with Crippen LogP contribution >= 0.6 is 15.9 Å². The Morgan fingerprint density at radius 3 is 2.57 bits per heavy atom. The Hall–Kier alpha value is -2.87. The summed E-state index contributed by atoms with van der Waals surface area (Å²) in [6.45, 7) is 3.91. The summed E-state index contributed by atoms with van der Waals surface area (Å²) < 4.78 is 41.4. The van der Waals surface area contributed by atoms with Crippen molar-refractivity contribution < 1.29 is 18.0 Å². The SMILES string of the molecule is Cc1cc(/C=N/NC(=O)Cc2cccc(C(F)(F)F)c2)c(C)n1-c1ccccc1Br. The van der Waals surface area contributed by atoms with Gasteiger partial charge in [-0.25, -0.2) is 5.43 Å². The fourth-order valence-corrected chi connectivity index (χ4v) is 3.64. The van der Waals surface area contributed by atoms with Gasteiger partial charge in [0.25, 0.3) is 0 Å². The molecule has 0 aliphatic heterocycles. The highest BCUT2D eigenvalue weighted by atomic mass is 79.9. The number of rotatable bonds is 5. The van der Waals surface area contributed by atoms with Crippen LogP contribution in [0.1, 0.15) is 28.1 Å². The van der Waals surface area contributed by atoms with Crippen molar-refractivity contribution in [3.05, 3.63) is 87.1 Å². The molecule has 30 heavy (non-hydrogen) atoms. The fourth-order valence-electron chi connectivity index (χ4n) is 3.18. The molecule has 156 valence electrons. The third-order valence-electron chi connectivity index (χ3n) is 4.58. The van der Waals surface area contributed by atoms with E-state index >= 15 is 0 Å². The van der Waals surface area contributed by atoms with Gasteiger partial charge in [0.2, 0.25) is 5.91 Å². The lowest BCUT2D eigenvalue weighted by atomic mass is 10.1. The van der Waals surface area contributed by atoms with Gasteiger partial charge in [-0.3, -0.25) is 4.79 Å². The molecule has 0 aliphatic rings. The molecule has 3 rings (SSSR count). The summed E-state index contributed by atoms with van der Waals surface area (Å²) in [7, 11) is 0. The molecule has 2 aromatic carbocycles. The predicted octanol–water partition coefficient (Wildman–Crippen LogP) is 5.57. The fraction of sp³-hybridized carbons (Fsp3) is 0.182. The van der Waals surface area contributed by atoms with Crippen LogP contribution in [0.2, 0.25) is 0 Å². The molecule has 0 bridgehead atoms. The number of amides is 1. The van der Waals surface area contributed by atoms with E-state index < -0.39 is 17.6 Å². The van der Waals surface area contributed by atoms with Gasteiger partial charge in [-0.15, -0.1) is 0 Å². The van der Waals surface area contributed by atoms with Crippen LogP contribution in [0.5, 0.6) is 0 Å². The van der Waals surface area contributed by atoms with E-state index in [1.165, 1.54) is 18.3 Å². The van der Waals surface area contributed by atoms with Crippen molar-refractivity contribution in [1.29, 1.82) is 0 Å². The van der Waals surface area contributed by atoms with Gasteiger partial charge in [-0.05, 0) is 59.6 Å². The van der Waals surface area contributed by atoms with Gasteiger partial charge in [0, 0.05) is 21.4 Å². The number of carbonyl (C=O) groups is 1. The van der Waals surface area contributed by atoms with Crippen molar-refractivity contribution in [3.8, 4) is 5.69 Å². The normalized spacial score (nSPS) is 11.8. The van der Waals surface area contributed by atoms with Crippen LogP contribution in [0.3, 0.4) is 0 Å². The minimum absolute atomic E-state index is 0.197. The second-order valence-electron chi connectivity index (χ2n) is 6.78. The highest BCUT2D eigenvalue weighted by Crippen LogP contribution is 2.29. The molecule has 3 aromatic rings. The third kappa shape index (κ3) is 4.99. The first-order chi connectivity index (χ1) is 14.2. The Kier molecular flexibility index (Phi) is 6.45. The van der Waals surface area contributed by atoms with E-state index in [9.17, 15) is 18.0 Å². The Labute approximate surface area is 180 Å². The maximum Gasteiger partial charge on any atom is 0.416 e. The van der Waals surface area contributed by atoms with Gasteiger partial charge in [-0.1, -0.05) is 30.3 Å². The zero-order chi connectivity index (χ0) is 21.9. The maximum atomic E-state index is 12.8. The van der Waals surface area contributed by atoms with Crippen molar-refractivity contribution >= 4 is 28.1 Å². The number of aryl methyl sites for hydroxylation is 1. The topological polar surface area (TPSA) is 46.4 Å². The molecule has 1 amide bonds. The number of alkyl halides is 3. The standard InChI is InChI=1S/C22H19BrF3N3O/c1-14-10-17(15(2)29(14)20-9-4-3-8-19(20)23)13-27-28-21(30)12-16-6-5-7-18(11-16)22(24,25)26/h3-11,13H,12H2,1-2H3,(H,28,30)/b27-13+. The zero-order valence-corrected chi connectivity index (χ0v) is 17.9. The third-order valence-corrected chi connectivity index (χ3v) is 5.25. The molecular formula is C22H19BrF3N3O. The number of hydrogen-bond donors (Lipinski definition) is 1. The van der Waals surface area contributed by atoms with Gasteiger partial charge >= 0.3 is 6.18 Å². The van der Waals surface area contributed by atoms with E-state index in [0.717, 1.165) is 39.2 Å². The van der Waals surface area contributed by atoms with Crippen molar-refractivity contribution in [2.24, 2.45) is 5.10 Å². The predicted molar refractivity (Wildman–Crippen MR) is 114 cm³/mol. The lowest BCUT2D eigenvalue weighted by molar-refractivity contribution is -0.137. The number of aromatic nitrogens is 1. The molecule has 1 aromatic heterocycles. The van der Waals surface area contributed by atoms with Crippen LogP contribution in [0, 0.1) is 13.8 Å². The van der Waals surface area contributed by atoms with E-state index in [2.05, 4.69) is 31.0 Å². The van der Waals surface area contributed by atoms with E-state index in [4.69, 9.17) is 0 Å². The highest BCUT2D eigenvalue weighted by Gasteiger charge is 2.30. The number of carbonyl (C=O) groups excluding carboxylic acids is 1. The van der Waals surface area contributed by atoms with Gasteiger partial charge < -0.3 is 4.57 Å². The van der Waals surface area contributed by atoms with E-state index in [0.29, 0.717) is 0 Å². The van der Waals surface area contributed by atoms with Crippen LogP contribution < -0.4 is 5.43 Å². The van der Waals surface area contributed by atoms with Gasteiger partial charge in [0.05, 0.1) is 23.9 Å². The maximum absolute atomic E-state index is 12.8. The number of nitrogens with one attached hydrogen (secondary N) is 1. The van der Waals surface area contributed by atoms with Gasteiger partial charge in [0.1, 0.15) is 0 Å². The highest BCUT2D eigenvalue weighted by molar-refractivity contribution is 9.10. The molecular weight excluding hydrogens is 459 g/mol. The summed E-state index contributed by atoms with van der Waals surface area (Å²) in [6, 6.07) is 14.5.